The monoisotopic (exact) mass is 344 g/mol. The molecule has 1 aromatic rings. The lowest BCUT2D eigenvalue weighted by Gasteiger charge is -2.11. The fourth-order valence-corrected chi connectivity index (χ4v) is 3.81. The van der Waals surface area contributed by atoms with E-state index in [1.54, 1.807) is 0 Å². The van der Waals surface area contributed by atoms with Gasteiger partial charge in [0.15, 0.2) is 0 Å². The first-order valence-corrected chi connectivity index (χ1v) is 9.51. The third-order valence-electron chi connectivity index (χ3n) is 6.10. The van der Waals surface area contributed by atoms with E-state index < -0.39 is 22.8 Å². The number of rotatable bonds is 11. The summed E-state index contributed by atoms with van der Waals surface area (Å²) in [4.78, 5) is 22.4. The average Bonchev–Trinajstić information content (AvgIpc) is 3.47. The van der Waals surface area contributed by atoms with E-state index in [2.05, 4.69) is 24.3 Å². The second-order valence-electron chi connectivity index (χ2n) is 8.05. The van der Waals surface area contributed by atoms with Gasteiger partial charge in [0.05, 0.1) is 10.8 Å². The van der Waals surface area contributed by atoms with Gasteiger partial charge in [-0.2, -0.15) is 0 Å². The Morgan fingerprint density at radius 1 is 0.800 bits per heavy atom. The van der Waals surface area contributed by atoms with Crippen LogP contribution in [0.2, 0.25) is 0 Å². The van der Waals surface area contributed by atoms with Crippen molar-refractivity contribution in [3.05, 3.63) is 35.4 Å². The van der Waals surface area contributed by atoms with Crippen molar-refractivity contribution in [1.29, 1.82) is 0 Å². The quantitative estimate of drug-likeness (QED) is 0.582. The zero-order valence-electron chi connectivity index (χ0n) is 14.8. The molecule has 4 nitrogen and oxygen atoms in total. The predicted molar refractivity (Wildman–Crippen MR) is 95.5 cm³/mol. The molecule has 1 aromatic carbocycles. The molecule has 0 aromatic heterocycles. The molecular formula is C21H28O4. The summed E-state index contributed by atoms with van der Waals surface area (Å²) < 4.78 is 0. The molecule has 0 unspecified atom stereocenters. The van der Waals surface area contributed by atoms with Crippen LogP contribution in [-0.2, 0) is 22.4 Å². The van der Waals surface area contributed by atoms with Gasteiger partial charge in [-0.25, -0.2) is 0 Å². The smallest absolute Gasteiger partial charge is 0.309 e. The van der Waals surface area contributed by atoms with Crippen molar-refractivity contribution in [1.82, 2.24) is 0 Å². The summed E-state index contributed by atoms with van der Waals surface area (Å²) in [5.74, 6) is -1.25. The molecule has 0 aliphatic heterocycles. The van der Waals surface area contributed by atoms with Gasteiger partial charge in [0.25, 0.3) is 0 Å². The Labute approximate surface area is 149 Å². The van der Waals surface area contributed by atoms with Crippen molar-refractivity contribution in [3.8, 4) is 0 Å². The minimum atomic E-state index is -0.629. The molecule has 136 valence electrons. The lowest BCUT2D eigenvalue weighted by molar-refractivity contribution is -0.144. The standard InChI is InChI=1S/C21H28O4/c22-18(23)20(11-12-20)9-2-1-5-16-6-3-7-17(15-16)8-4-10-21(13-14-21)19(24)25/h3,6-7,15H,1-2,4-5,8-14H2,(H,22,23)(H,24,25). The van der Waals surface area contributed by atoms with Crippen LogP contribution < -0.4 is 0 Å². The number of benzene rings is 1. The van der Waals surface area contributed by atoms with E-state index in [1.807, 2.05) is 0 Å². The highest BCUT2D eigenvalue weighted by Gasteiger charge is 2.49. The van der Waals surface area contributed by atoms with Gasteiger partial charge >= 0.3 is 11.9 Å². The van der Waals surface area contributed by atoms with Crippen LogP contribution in [0.3, 0.4) is 0 Å². The first kappa shape index (κ1) is 18.0. The SMILES string of the molecule is O=C(O)C1(CCCCc2cccc(CCCC3(C(=O)O)CC3)c2)CC1. The first-order chi connectivity index (χ1) is 12.0. The number of aryl methyl sites for hydroxylation is 2. The van der Waals surface area contributed by atoms with E-state index in [0.29, 0.717) is 0 Å². The predicted octanol–water partition coefficient (Wildman–Crippen LogP) is 4.45. The van der Waals surface area contributed by atoms with Gasteiger partial charge in [-0.3, -0.25) is 9.59 Å². The minimum Gasteiger partial charge on any atom is -0.481 e. The average molecular weight is 344 g/mol. The molecular weight excluding hydrogens is 316 g/mol. The molecule has 2 saturated carbocycles. The van der Waals surface area contributed by atoms with Gasteiger partial charge in [-0.05, 0) is 75.3 Å². The number of hydrogen-bond acceptors (Lipinski definition) is 2. The van der Waals surface area contributed by atoms with Crippen molar-refractivity contribution in [2.45, 2.75) is 70.6 Å². The van der Waals surface area contributed by atoms with Crippen molar-refractivity contribution in [2.75, 3.05) is 0 Å². The lowest BCUT2D eigenvalue weighted by atomic mass is 9.95. The van der Waals surface area contributed by atoms with Crippen molar-refractivity contribution in [2.24, 2.45) is 10.8 Å². The van der Waals surface area contributed by atoms with Gasteiger partial charge in [0, 0.05) is 0 Å². The minimum absolute atomic E-state index is 0.398. The van der Waals surface area contributed by atoms with Crippen LogP contribution in [0.25, 0.3) is 0 Å². The maximum Gasteiger partial charge on any atom is 0.309 e. The highest BCUT2D eigenvalue weighted by atomic mass is 16.4. The van der Waals surface area contributed by atoms with E-state index in [1.165, 1.54) is 11.1 Å². The molecule has 0 radical (unpaired) electrons. The molecule has 25 heavy (non-hydrogen) atoms. The summed E-state index contributed by atoms with van der Waals surface area (Å²) in [5, 5.41) is 18.4. The van der Waals surface area contributed by atoms with Gasteiger partial charge in [-0.15, -0.1) is 0 Å². The summed E-state index contributed by atoms with van der Waals surface area (Å²) in [6.45, 7) is 0. The Morgan fingerprint density at radius 2 is 1.28 bits per heavy atom. The number of carbonyl (C=O) groups is 2. The third kappa shape index (κ3) is 4.42. The van der Waals surface area contributed by atoms with E-state index >= 15 is 0 Å². The van der Waals surface area contributed by atoms with Crippen LogP contribution >= 0.6 is 0 Å². The molecule has 2 N–H and O–H groups in total. The molecule has 4 heteroatoms. The molecule has 2 aliphatic rings. The van der Waals surface area contributed by atoms with Crippen LogP contribution in [0.4, 0.5) is 0 Å². The van der Waals surface area contributed by atoms with Crippen molar-refractivity contribution < 1.29 is 19.8 Å². The fourth-order valence-electron chi connectivity index (χ4n) is 3.81. The fraction of sp³-hybridized carbons (Fsp3) is 0.619. The zero-order chi connectivity index (χ0) is 17.9. The Morgan fingerprint density at radius 3 is 1.76 bits per heavy atom. The Kier molecular flexibility index (Phi) is 5.16. The largest absolute Gasteiger partial charge is 0.481 e. The maximum atomic E-state index is 11.2. The highest BCUT2D eigenvalue weighted by Crippen LogP contribution is 2.50. The second kappa shape index (κ2) is 7.19. The molecule has 0 heterocycles. The Bertz CT molecular complexity index is 641. The van der Waals surface area contributed by atoms with Gasteiger partial charge < -0.3 is 10.2 Å². The van der Waals surface area contributed by atoms with E-state index in [-0.39, 0.29) is 0 Å². The zero-order valence-corrected chi connectivity index (χ0v) is 14.8. The van der Waals surface area contributed by atoms with Crippen LogP contribution in [0.15, 0.2) is 24.3 Å². The summed E-state index contributed by atoms with van der Waals surface area (Å²) in [5.41, 5.74) is 1.77. The number of carboxylic acid groups (broad SMARTS) is 2. The van der Waals surface area contributed by atoms with E-state index in [4.69, 9.17) is 0 Å². The Hall–Kier alpha value is -1.84. The Balaban J connectivity index is 1.39. The number of unbranched alkanes of at least 4 members (excludes halogenated alkanes) is 1. The van der Waals surface area contributed by atoms with E-state index in [9.17, 15) is 19.8 Å². The molecule has 0 saturated heterocycles. The van der Waals surface area contributed by atoms with Gasteiger partial charge in [0.1, 0.15) is 0 Å². The molecule has 3 rings (SSSR count). The van der Waals surface area contributed by atoms with Gasteiger partial charge in [0.2, 0.25) is 0 Å². The van der Waals surface area contributed by atoms with Crippen LogP contribution in [-0.4, -0.2) is 22.2 Å². The molecule has 0 amide bonds. The molecule has 2 fully saturated rings. The molecule has 0 bridgehead atoms. The highest BCUT2D eigenvalue weighted by molar-refractivity contribution is 5.78. The molecule has 0 spiro atoms. The second-order valence-corrected chi connectivity index (χ2v) is 8.05. The van der Waals surface area contributed by atoms with Crippen LogP contribution in [0.5, 0.6) is 0 Å². The number of aliphatic carboxylic acids is 2. The van der Waals surface area contributed by atoms with E-state index in [0.717, 1.165) is 70.6 Å². The maximum absolute atomic E-state index is 11.2. The normalized spacial score (nSPS) is 19.4. The summed E-state index contributed by atoms with van der Waals surface area (Å²) >= 11 is 0. The number of hydrogen-bond donors (Lipinski definition) is 2. The summed E-state index contributed by atoms with van der Waals surface area (Å²) in [7, 11) is 0. The first-order valence-electron chi connectivity index (χ1n) is 9.51. The molecule has 2 aliphatic carbocycles. The lowest BCUT2D eigenvalue weighted by Crippen LogP contribution is -2.14. The van der Waals surface area contributed by atoms with Crippen molar-refractivity contribution in [3.63, 3.8) is 0 Å². The molecule has 0 atom stereocenters. The topological polar surface area (TPSA) is 74.6 Å². The summed E-state index contributed by atoms with van der Waals surface area (Å²) in [6, 6.07) is 8.56. The van der Waals surface area contributed by atoms with Crippen LogP contribution in [0, 0.1) is 10.8 Å². The summed E-state index contributed by atoms with van der Waals surface area (Å²) in [6.07, 6.45) is 9.79. The van der Waals surface area contributed by atoms with Crippen LogP contribution in [0.1, 0.15) is 68.9 Å². The third-order valence-corrected chi connectivity index (χ3v) is 6.10. The number of carboxylic acids is 2. The van der Waals surface area contributed by atoms with Gasteiger partial charge in [-0.1, -0.05) is 30.7 Å². The van der Waals surface area contributed by atoms with Crippen molar-refractivity contribution >= 4 is 11.9 Å².